The van der Waals surface area contributed by atoms with Gasteiger partial charge in [0.25, 0.3) is 0 Å². The largest absolute Gasteiger partial charge is 0.358 e. The number of hydrogen-bond donors (Lipinski definition) is 0. The molecule has 1 aromatic heterocycles. The van der Waals surface area contributed by atoms with Gasteiger partial charge in [-0.3, -0.25) is 4.90 Å². The van der Waals surface area contributed by atoms with Gasteiger partial charge in [0.2, 0.25) is 0 Å². The van der Waals surface area contributed by atoms with E-state index in [0.29, 0.717) is 11.9 Å². The van der Waals surface area contributed by atoms with Crippen LogP contribution in [0.5, 0.6) is 0 Å². The first kappa shape index (κ1) is 14.6. The number of aromatic nitrogens is 1. The molecule has 1 atom stereocenters. The number of rotatable bonds is 5. The van der Waals surface area contributed by atoms with Crippen LogP contribution in [-0.4, -0.2) is 42.6 Å². The highest BCUT2D eigenvalue weighted by Gasteiger charge is 2.24. The first-order valence-electron chi connectivity index (χ1n) is 7.12. The molecule has 0 spiro atoms. The van der Waals surface area contributed by atoms with Crippen LogP contribution in [0.2, 0.25) is 0 Å². The van der Waals surface area contributed by atoms with Gasteiger partial charge in [-0.1, -0.05) is 6.92 Å². The molecule has 0 N–H and O–H groups in total. The van der Waals surface area contributed by atoms with Gasteiger partial charge in [-0.2, -0.15) is 0 Å². The number of anilines is 1. The molecule has 0 radical (unpaired) electrons. The second-order valence-corrected chi connectivity index (χ2v) is 5.68. The predicted octanol–water partition coefficient (Wildman–Crippen LogP) is 3.05. The van der Waals surface area contributed by atoms with E-state index >= 15 is 0 Å². The van der Waals surface area contributed by atoms with E-state index in [1.807, 2.05) is 6.92 Å². The van der Waals surface area contributed by atoms with Gasteiger partial charge >= 0.3 is 0 Å². The average molecular weight is 282 g/mol. The van der Waals surface area contributed by atoms with Crippen LogP contribution in [0.4, 0.5) is 5.82 Å². The molecule has 0 amide bonds. The summed E-state index contributed by atoms with van der Waals surface area (Å²) in [6, 6.07) is 4.82. The van der Waals surface area contributed by atoms with E-state index in [9.17, 15) is 0 Å². The highest BCUT2D eigenvalue weighted by atomic mass is 35.5. The van der Waals surface area contributed by atoms with Crippen LogP contribution in [0.3, 0.4) is 0 Å². The maximum absolute atomic E-state index is 5.94. The molecule has 0 bridgehead atoms. The van der Waals surface area contributed by atoms with Crippen LogP contribution in [0.15, 0.2) is 12.1 Å². The summed E-state index contributed by atoms with van der Waals surface area (Å²) in [4.78, 5) is 9.45. The summed E-state index contributed by atoms with van der Waals surface area (Å²) in [5.74, 6) is 1.59. The van der Waals surface area contributed by atoms with Gasteiger partial charge in [0.1, 0.15) is 5.82 Å². The summed E-state index contributed by atoms with van der Waals surface area (Å²) in [7, 11) is 2.13. The lowest BCUT2D eigenvalue weighted by Crippen LogP contribution is -2.39. The van der Waals surface area contributed by atoms with E-state index < -0.39 is 0 Å². The van der Waals surface area contributed by atoms with Crippen LogP contribution in [0, 0.1) is 6.92 Å². The summed E-state index contributed by atoms with van der Waals surface area (Å²) in [5.41, 5.74) is 2.19. The molecule has 0 saturated carbocycles. The fraction of sp³-hybridized carbons (Fsp3) is 0.667. The zero-order chi connectivity index (χ0) is 13.8. The number of aryl methyl sites for hydroxylation is 1. The van der Waals surface area contributed by atoms with Gasteiger partial charge in [-0.05, 0) is 50.6 Å². The molecule has 106 valence electrons. The Labute approximate surface area is 121 Å². The Kier molecular flexibility index (Phi) is 5.06. The van der Waals surface area contributed by atoms with Crippen LogP contribution < -0.4 is 4.90 Å². The molecule has 1 aliphatic heterocycles. The zero-order valence-electron chi connectivity index (χ0n) is 12.2. The molecule has 2 heterocycles. The molecule has 4 heteroatoms. The molecule has 19 heavy (non-hydrogen) atoms. The zero-order valence-corrected chi connectivity index (χ0v) is 13.0. The minimum absolute atomic E-state index is 0.550. The topological polar surface area (TPSA) is 19.4 Å². The minimum Gasteiger partial charge on any atom is -0.358 e. The van der Waals surface area contributed by atoms with Crippen LogP contribution in [0.1, 0.15) is 31.0 Å². The molecule has 1 aliphatic rings. The van der Waals surface area contributed by atoms with Crippen molar-refractivity contribution >= 4 is 17.4 Å². The Morgan fingerprint density at radius 2 is 2.26 bits per heavy atom. The molecule has 0 aliphatic carbocycles. The number of hydrogen-bond acceptors (Lipinski definition) is 3. The quantitative estimate of drug-likeness (QED) is 0.774. The fourth-order valence-electron chi connectivity index (χ4n) is 2.92. The lowest BCUT2D eigenvalue weighted by atomic mass is 10.2. The molecule has 3 nitrogen and oxygen atoms in total. The summed E-state index contributed by atoms with van der Waals surface area (Å²) in [6.45, 7) is 7.71. The number of nitrogens with zero attached hydrogens (tertiary/aromatic N) is 3. The third-order valence-corrected chi connectivity index (χ3v) is 4.24. The fourth-order valence-corrected chi connectivity index (χ4v) is 3.08. The molecule has 1 aromatic rings. The van der Waals surface area contributed by atoms with Crippen LogP contribution in [0.25, 0.3) is 0 Å². The van der Waals surface area contributed by atoms with Crippen molar-refractivity contribution in [1.82, 2.24) is 9.88 Å². The van der Waals surface area contributed by atoms with Crippen LogP contribution >= 0.6 is 11.6 Å². The van der Waals surface area contributed by atoms with E-state index in [0.717, 1.165) is 30.2 Å². The Morgan fingerprint density at radius 3 is 2.95 bits per heavy atom. The SMILES string of the molecule is CCN1CCCC1CN(C)c1cc(CCl)cc(C)n1. The van der Waals surface area contributed by atoms with Crippen LogP contribution in [-0.2, 0) is 5.88 Å². The van der Waals surface area contributed by atoms with Crippen molar-refractivity contribution in [2.24, 2.45) is 0 Å². The van der Waals surface area contributed by atoms with Crippen molar-refractivity contribution in [3.8, 4) is 0 Å². The van der Waals surface area contributed by atoms with Crippen molar-refractivity contribution in [3.63, 3.8) is 0 Å². The number of halogens is 1. The average Bonchev–Trinajstić information content (AvgIpc) is 2.85. The monoisotopic (exact) mass is 281 g/mol. The summed E-state index contributed by atoms with van der Waals surface area (Å²) in [6.07, 6.45) is 2.62. The number of pyridine rings is 1. The second-order valence-electron chi connectivity index (χ2n) is 5.41. The highest BCUT2D eigenvalue weighted by molar-refractivity contribution is 6.17. The van der Waals surface area contributed by atoms with Gasteiger partial charge in [0, 0.05) is 31.2 Å². The summed E-state index contributed by atoms with van der Waals surface area (Å²) >= 11 is 5.94. The van der Waals surface area contributed by atoms with Crippen molar-refractivity contribution in [3.05, 3.63) is 23.4 Å². The normalized spacial score (nSPS) is 19.9. The van der Waals surface area contributed by atoms with Gasteiger partial charge in [-0.25, -0.2) is 4.98 Å². The van der Waals surface area contributed by atoms with Crippen molar-refractivity contribution < 1.29 is 0 Å². The smallest absolute Gasteiger partial charge is 0.128 e. The first-order chi connectivity index (χ1) is 9.13. The van der Waals surface area contributed by atoms with E-state index in [2.05, 4.69) is 40.9 Å². The number of alkyl halides is 1. The number of likely N-dealkylation sites (tertiary alicyclic amines) is 1. The Bertz CT molecular complexity index is 422. The molecular formula is C15H24ClN3. The van der Waals surface area contributed by atoms with Gasteiger partial charge in [0.15, 0.2) is 0 Å². The number of likely N-dealkylation sites (N-methyl/N-ethyl adjacent to an activating group) is 2. The molecule has 1 fully saturated rings. The maximum atomic E-state index is 5.94. The van der Waals surface area contributed by atoms with E-state index in [4.69, 9.17) is 11.6 Å². The second kappa shape index (κ2) is 6.58. The maximum Gasteiger partial charge on any atom is 0.128 e. The minimum atomic E-state index is 0.550. The van der Waals surface area contributed by atoms with Gasteiger partial charge < -0.3 is 4.90 Å². The lowest BCUT2D eigenvalue weighted by molar-refractivity contribution is 0.270. The Morgan fingerprint density at radius 1 is 1.47 bits per heavy atom. The van der Waals surface area contributed by atoms with Gasteiger partial charge in [0.05, 0.1) is 0 Å². The van der Waals surface area contributed by atoms with Gasteiger partial charge in [-0.15, -0.1) is 11.6 Å². The summed E-state index contributed by atoms with van der Waals surface area (Å²) < 4.78 is 0. The van der Waals surface area contributed by atoms with E-state index in [1.165, 1.54) is 19.4 Å². The lowest BCUT2D eigenvalue weighted by Gasteiger charge is -2.28. The third kappa shape index (κ3) is 3.61. The first-order valence-corrected chi connectivity index (χ1v) is 7.66. The molecule has 1 unspecified atom stereocenters. The van der Waals surface area contributed by atoms with Crippen molar-refractivity contribution in [1.29, 1.82) is 0 Å². The molecule has 2 rings (SSSR count). The highest BCUT2D eigenvalue weighted by Crippen LogP contribution is 2.21. The molecule has 1 saturated heterocycles. The Balaban J connectivity index is 2.06. The van der Waals surface area contributed by atoms with Crippen molar-refractivity contribution in [2.75, 3.05) is 31.6 Å². The van der Waals surface area contributed by atoms with Crippen molar-refractivity contribution in [2.45, 2.75) is 38.6 Å². The van der Waals surface area contributed by atoms with E-state index in [1.54, 1.807) is 0 Å². The third-order valence-electron chi connectivity index (χ3n) is 3.93. The molecular weight excluding hydrogens is 258 g/mol. The van der Waals surface area contributed by atoms with E-state index in [-0.39, 0.29) is 0 Å². The predicted molar refractivity (Wildman–Crippen MR) is 82.1 cm³/mol. The standard InChI is InChI=1S/C15H24ClN3/c1-4-19-7-5-6-14(19)11-18(3)15-9-13(10-16)8-12(2)17-15/h8-9,14H,4-7,10-11H2,1-3H3. The Hall–Kier alpha value is -0.800. The molecule has 0 aromatic carbocycles. The summed E-state index contributed by atoms with van der Waals surface area (Å²) in [5, 5.41) is 0.